The van der Waals surface area contributed by atoms with Gasteiger partial charge in [0, 0.05) is 19.6 Å². The van der Waals surface area contributed by atoms with Crippen LogP contribution in [-0.2, 0) is 16.2 Å². The first-order chi connectivity index (χ1) is 9.75. The highest BCUT2D eigenvalue weighted by molar-refractivity contribution is 7.89. The van der Waals surface area contributed by atoms with Crippen molar-refractivity contribution in [2.75, 3.05) is 24.5 Å². The molecule has 0 aliphatic carbocycles. The van der Waals surface area contributed by atoms with Crippen LogP contribution < -0.4 is 9.62 Å². The minimum atomic E-state index is -4.60. The Bertz CT molecular complexity index is 611. The summed E-state index contributed by atoms with van der Waals surface area (Å²) in [5, 5.41) is 0. The normalized spacial score (nSPS) is 16.5. The molecule has 0 unspecified atom stereocenters. The van der Waals surface area contributed by atoms with Crippen molar-refractivity contribution in [2.24, 2.45) is 0 Å². The smallest absolute Gasteiger partial charge is 0.355 e. The fraction of sp³-hybridized carbons (Fsp3) is 0.583. The predicted molar refractivity (Wildman–Crippen MR) is 71.5 cm³/mol. The first-order valence-corrected chi connectivity index (χ1v) is 8.07. The predicted octanol–water partition coefficient (Wildman–Crippen LogP) is 2.00. The molecule has 0 saturated carbocycles. The van der Waals surface area contributed by atoms with E-state index in [0.717, 1.165) is 18.9 Å². The van der Waals surface area contributed by atoms with Crippen molar-refractivity contribution < 1.29 is 21.6 Å². The molecule has 1 aromatic heterocycles. The molecule has 0 atom stereocenters. The van der Waals surface area contributed by atoms with Crippen LogP contribution in [0, 0.1) is 0 Å². The van der Waals surface area contributed by atoms with E-state index in [4.69, 9.17) is 0 Å². The van der Waals surface area contributed by atoms with Gasteiger partial charge in [0.15, 0.2) is 0 Å². The first kappa shape index (κ1) is 16.0. The maximum absolute atomic E-state index is 12.8. The minimum Gasteiger partial charge on any atom is -0.355 e. The third kappa shape index (κ3) is 3.46. The molecule has 5 nitrogen and oxygen atoms in total. The summed E-state index contributed by atoms with van der Waals surface area (Å²) in [7, 11) is -3.86. The summed E-state index contributed by atoms with van der Waals surface area (Å²) in [6.45, 7) is 2.76. The summed E-state index contributed by atoms with van der Waals surface area (Å²) in [5.74, 6) is -0.122. The quantitative estimate of drug-likeness (QED) is 0.920. The van der Waals surface area contributed by atoms with E-state index in [2.05, 4.69) is 9.71 Å². The molecule has 2 rings (SSSR count). The van der Waals surface area contributed by atoms with E-state index in [0.29, 0.717) is 19.2 Å². The lowest BCUT2D eigenvalue weighted by Gasteiger charge is -2.21. The van der Waals surface area contributed by atoms with Gasteiger partial charge in [0.05, 0.1) is 0 Å². The second kappa shape index (κ2) is 5.80. The van der Waals surface area contributed by atoms with Crippen LogP contribution in [0.5, 0.6) is 0 Å². The second-order valence-corrected chi connectivity index (χ2v) is 6.45. The van der Waals surface area contributed by atoms with E-state index in [1.54, 1.807) is 11.8 Å². The lowest BCUT2D eigenvalue weighted by atomic mass is 10.3. The summed E-state index contributed by atoms with van der Waals surface area (Å²) < 4.78 is 64.9. The summed E-state index contributed by atoms with van der Waals surface area (Å²) in [6, 6.07) is 1.67. The van der Waals surface area contributed by atoms with E-state index in [1.165, 1.54) is 0 Å². The Labute approximate surface area is 121 Å². The SMILES string of the molecule is CCNS(=O)(=O)c1ccc(C(F)(F)F)nc1N1CCCC1. The molecule has 1 saturated heterocycles. The molecular weight excluding hydrogens is 307 g/mol. The van der Waals surface area contributed by atoms with Crippen molar-refractivity contribution in [3.8, 4) is 0 Å². The number of alkyl halides is 3. The van der Waals surface area contributed by atoms with Crippen LogP contribution in [0.25, 0.3) is 0 Å². The van der Waals surface area contributed by atoms with E-state index in [9.17, 15) is 21.6 Å². The summed E-state index contributed by atoms with van der Waals surface area (Å²) in [4.78, 5) is 4.93. The van der Waals surface area contributed by atoms with Gasteiger partial charge in [0.1, 0.15) is 16.4 Å². The van der Waals surface area contributed by atoms with Crippen LogP contribution >= 0.6 is 0 Å². The molecule has 0 spiro atoms. The van der Waals surface area contributed by atoms with Crippen LogP contribution in [0.2, 0.25) is 0 Å². The van der Waals surface area contributed by atoms with Gasteiger partial charge >= 0.3 is 6.18 Å². The Morgan fingerprint density at radius 2 is 1.90 bits per heavy atom. The van der Waals surface area contributed by atoms with E-state index >= 15 is 0 Å². The molecule has 21 heavy (non-hydrogen) atoms. The number of nitrogens with zero attached hydrogens (tertiary/aromatic N) is 2. The average molecular weight is 323 g/mol. The maximum atomic E-state index is 12.8. The van der Waals surface area contributed by atoms with E-state index in [-0.39, 0.29) is 17.3 Å². The van der Waals surface area contributed by atoms with Gasteiger partial charge in [0.2, 0.25) is 10.0 Å². The standard InChI is InChI=1S/C12H16F3N3O2S/c1-2-16-21(19,20)9-5-6-10(12(13,14)15)17-11(9)18-7-3-4-8-18/h5-6,16H,2-4,7-8H2,1H3. The molecular formula is C12H16F3N3O2S. The number of aromatic nitrogens is 1. The zero-order valence-electron chi connectivity index (χ0n) is 11.4. The van der Waals surface area contributed by atoms with Crippen molar-refractivity contribution in [1.29, 1.82) is 0 Å². The van der Waals surface area contributed by atoms with Crippen molar-refractivity contribution in [3.63, 3.8) is 0 Å². The summed E-state index contributed by atoms with van der Waals surface area (Å²) in [5.41, 5.74) is -1.08. The van der Waals surface area contributed by atoms with E-state index < -0.39 is 21.9 Å². The Morgan fingerprint density at radius 1 is 1.29 bits per heavy atom. The van der Waals surface area contributed by atoms with Crippen molar-refractivity contribution >= 4 is 15.8 Å². The molecule has 2 heterocycles. The molecule has 1 N–H and O–H groups in total. The van der Waals surface area contributed by atoms with Gasteiger partial charge in [0.25, 0.3) is 0 Å². The third-order valence-corrected chi connectivity index (χ3v) is 4.73. The Morgan fingerprint density at radius 3 is 2.43 bits per heavy atom. The van der Waals surface area contributed by atoms with Gasteiger partial charge in [-0.05, 0) is 25.0 Å². The van der Waals surface area contributed by atoms with Crippen LogP contribution in [0.4, 0.5) is 19.0 Å². The second-order valence-electron chi connectivity index (χ2n) is 4.71. The Hall–Kier alpha value is -1.35. The number of nitrogens with one attached hydrogen (secondary N) is 1. The molecule has 0 radical (unpaired) electrons. The molecule has 1 aromatic rings. The first-order valence-electron chi connectivity index (χ1n) is 6.58. The fourth-order valence-corrected chi connectivity index (χ4v) is 3.42. The van der Waals surface area contributed by atoms with Gasteiger partial charge < -0.3 is 4.90 Å². The molecule has 1 fully saturated rings. The molecule has 1 aliphatic heterocycles. The number of anilines is 1. The van der Waals surface area contributed by atoms with Crippen LogP contribution in [0.15, 0.2) is 17.0 Å². The summed E-state index contributed by atoms with van der Waals surface area (Å²) in [6.07, 6.45) is -2.99. The largest absolute Gasteiger partial charge is 0.433 e. The molecule has 0 bridgehead atoms. The van der Waals surface area contributed by atoms with Crippen molar-refractivity contribution in [1.82, 2.24) is 9.71 Å². The third-order valence-electron chi connectivity index (χ3n) is 3.16. The monoisotopic (exact) mass is 323 g/mol. The topological polar surface area (TPSA) is 62.3 Å². The van der Waals surface area contributed by atoms with Crippen LogP contribution in [0.1, 0.15) is 25.5 Å². The Kier molecular flexibility index (Phi) is 4.43. The van der Waals surface area contributed by atoms with Gasteiger partial charge in [-0.2, -0.15) is 13.2 Å². The van der Waals surface area contributed by atoms with Crippen molar-refractivity contribution in [3.05, 3.63) is 17.8 Å². The zero-order valence-corrected chi connectivity index (χ0v) is 12.3. The number of sulfonamides is 1. The molecule has 9 heteroatoms. The molecule has 0 aromatic carbocycles. The Balaban J connectivity index is 2.54. The fourth-order valence-electron chi connectivity index (χ4n) is 2.23. The lowest BCUT2D eigenvalue weighted by Crippen LogP contribution is -2.29. The van der Waals surface area contributed by atoms with E-state index in [1.807, 2.05) is 0 Å². The highest BCUT2D eigenvalue weighted by atomic mass is 32.2. The molecule has 1 aliphatic rings. The van der Waals surface area contributed by atoms with Gasteiger partial charge in [-0.1, -0.05) is 6.92 Å². The molecule has 0 amide bonds. The van der Waals surface area contributed by atoms with Crippen molar-refractivity contribution in [2.45, 2.75) is 30.8 Å². The highest BCUT2D eigenvalue weighted by Gasteiger charge is 2.35. The average Bonchev–Trinajstić information content (AvgIpc) is 2.90. The number of rotatable bonds is 4. The van der Waals surface area contributed by atoms with Gasteiger partial charge in [-0.15, -0.1) is 0 Å². The van der Waals surface area contributed by atoms with Crippen LogP contribution in [-0.4, -0.2) is 33.0 Å². The lowest BCUT2D eigenvalue weighted by molar-refractivity contribution is -0.141. The van der Waals surface area contributed by atoms with Gasteiger partial charge in [-0.3, -0.25) is 0 Å². The minimum absolute atomic E-state index is 0.122. The van der Waals surface area contributed by atoms with Crippen LogP contribution in [0.3, 0.4) is 0 Å². The zero-order chi connectivity index (χ0) is 15.7. The number of pyridine rings is 1. The maximum Gasteiger partial charge on any atom is 0.433 e. The molecule has 118 valence electrons. The number of hydrogen-bond donors (Lipinski definition) is 1. The summed E-state index contributed by atoms with van der Waals surface area (Å²) >= 11 is 0. The number of halogens is 3. The number of hydrogen-bond acceptors (Lipinski definition) is 4. The van der Waals surface area contributed by atoms with Gasteiger partial charge in [-0.25, -0.2) is 18.1 Å². The highest BCUT2D eigenvalue weighted by Crippen LogP contribution is 2.33.